The van der Waals surface area contributed by atoms with Gasteiger partial charge in [-0.2, -0.15) is 0 Å². The molecule has 3 aromatic carbocycles. The van der Waals surface area contributed by atoms with Crippen LogP contribution < -0.4 is 4.74 Å². The molecule has 0 amide bonds. The highest BCUT2D eigenvalue weighted by atomic mass is 16.5. The molecule has 0 unspecified atom stereocenters. The largest absolute Gasteiger partial charge is 0.493 e. The van der Waals surface area contributed by atoms with Crippen molar-refractivity contribution in [1.29, 1.82) is 0 Å². The summed E-state index contributed by atoms with van der Waals surface area (Å²) in [4.78, 5) is 16.3. The Morgan fingerprint density at radius 2 is 1.44 bits per heavy atom. The van der Waals surface area contributed by atoms with Gasteiger partial charge in [0.15, 0.2) is 0 Å². The van der Waals surface area contributed by atoms with Gasteiger partial charge in [0, 0.05) is 31.7 Å². The van der Waals surface area contributed by atoms with Crippen LogP contribution in [-0.4, -0.2) is 17.4 Å². The van der Waals surface area contributed by atoms with Crippen LogP contribution in [0.4, 0.5) is 0 Å². The highest BCUT2D eigenvalue weighted by molar-refractivity contribution is 5.81. The molecule has 0 spiro atoms. The molecule has 1 aromatic heterocycles. The van der Waals surface area contributed by atoms with Gasteiger partial charge in [-0.1, -0.05) is 66.7 Å². The number of rotatable bonds is 10. The summed E-state index contributed by atoms with van der Waals surface area (Å²) in [5, 5.41) is 0. The first-order valence-electron chi connectivity index (χ1n) is 11.0. The molecule has 0 aliphatic heterocycles. The molecule has 3 nitrogen and oxygen atoms in total. The molecule has 0 fully saturated rings. The zero-order valence-electron chi connectivity index (χ0n) is 18.1. The summed E-state index contributed by atoms with van der Waals surface area (Å²) in [7, 11) is 0. The summed E-state index contributed by atoms with van der Waals surface area (Å²) >= 11 is 0. The van der Waals surface area contributed by atoms with Gasteiger partial charge in [-0.25, -0.2) is 0 Å². The summed E-state index contributed by atoms with van der Waals surface area (Å²) in [5.74, 6) is 1.07. The van der Waals surface area contributed by atoms with Crippen molar-refractivity contribution in [3.8, 4) is 16.9 Å². The molecule has 0 aliphatic carbocycles. The van der Waals surface area contributed by atoms with Gasteiger partial charge in [0.25, 0.3) is 0 Å². The molecular formula is C29H27NO2. The Balaban J connectivity index is 1.26. The van der Waals surface area contributed by atoms with Gasteiger partial charge in [0.2, 0.25) is 0 Å². The van der Waals surface area contributed by atoms with E-state index < -0.39 is 0 Å². The summed E-state index contributed by atoms with van der Waals surface area (Å²) in [6.45, 7) is 0.605. The van der Waals surface area contributed by atoms with Crippen molar-refractivity contribution in [3.63, 3.8) is 0 Å². The molecule has 0 N–H and O–H groups in total. The van der Waals surface area contributed by atoms with Gasteiger partial charge in [-0.3, -0.25) is 9.78 Å². The zero-order valence-corrected chi connectivity index (χ0v) is 18.1. The van der Waals surface area contributed by atoms with Gasteiger partial charge in [0.05, 0.1) is 6.61 Å². The fourth-order valence-electron chi connectivity index (χ4n) is 3.77. The lowest BCUT2D eigenvalue weighted by Gasteiger charge is -2.11. The van der Waals surface area contributed by atoms with E-state index in [4.69, 9.17) is 4.74 Å². The van der Waals surface area contributed by atoms with Crippen LogP contribution in [0.15, 0.2) is 103 Å². The second-order valence-electron chi connectivity index (χ2n) is 7.84. The Hall–Kier alpha value is -3.72. The molecule has 0 radical (unpaired) electrons. The van der Waals surface area contributed by atoms with E-state index in [9.17, 15) is 4.79 Å². The van der Waals surface area contributed by atoms with E-state index in [1.54, 1.807) is 12.4 Å². The lowest BCUT2D eigenvalue weighted by atomic mass is 9.98. The van der Waals surface area contributed by atoms with E-state index in [-0.39, 0.29) is 5.78 Å². The number of carbonyl (C=O) groups is 1. The number of nitrogens with zero attached hydrogens (tertiary/aromatic N) is 1. The van der Waals surface area contributed by atoms with E-state index in [1.165, 1.54) is 16.7 Å². The van der Waals surface area contributed by atoms with Crippen molar-refractivity contribution in [1.82, 2.24) is 4.98 Å². The maximum atomic E-state index is 12.3. The monoisotopic (exact) mass is 421 g/mol. The summed E-state index contributed by atoms with van der Waals surface area (Å²) in [5.41, 5.74) is 5.91. The Morgan fingerprint density at radius 3 is 2.22 bits per heavy atom. The van der Waals surface area contributed by atoms with Crippen LogP contribution in [0.5, 0.6) is 5.75 Å². The van der Waals surface area contributed by atoms with Crippen molar-refractivity contribution in [2.24, 2.45) is 0 Å². The van der Waals surface area contributed by atoms with Crippen LogP contribution >= 0.6 is 0 Å². The number of aryl methyl sites for hydroxylation is 1. The average Bonchev–Trinajstić information content (AvgIpc) is 2.85. The predicted molar refractivity (Wildman–Crippen MR) is 129 cm³/mol. The van der Waals surface area contributed by atoms with Crippen molar-refractivity contribution in [2.45, 2.75) is 25.7 Å². The number of ether oxygens (including phenoxy) is 1. The van der Waals surface area contributed by atoms with E-state index >= 15 is 0 Å². The molecule has 3 heteroatoms. The van der Waals surface area contributed by atoms with E-state index in [0.717, 1.165) is 29.7 Å². The normalized spacial score (nSPS) is 10.6. The lowest BCUT2D eigenvalue weighted by molar-refractivity contribution is -0.118. The molecule has 0 aliphatic rings. The number of benzene rings is 3. The summed E-state index contributed by atoms with van der Waals surface area (Å²) in [6.07, 6.45) is 6.11. The van der Waals surface area contributed by atoms with E-state index in [2.05, 4.69) is 53.5 Å². The molecule has 1 heterocycles. The van der Waals surface area contributed by atoms with Gasteiger partial charge in [-0.05, 0) is 58.5 Å². The molecule has 4 rings (SSSR count). The molecule has 0 saturated carbocycles. The van der Waals surface area contributed by atoms with E-state index in [0.29, 0.717) is 19.4 Å². The highest BCUT2D eigenvalue weighted by Crippen LogP contribution is 2.24. The van der Waals surface area contributed by atoms with E-state index in [1.807, 2.05) is 42.5 Å². The molecule has 0 saturated heterocycles. The van der Waals surface area contributed by atoms with Crippen LogP contribution in [0.3, 0.4) is 0 Å². The number of hydrogen-bond donors (Lipinski definition) is 0. The second kappa shape index (κ2) is 11.1. The fourth-order valence-corrected chi connectivity index (χ4v) is 3.77. The first-order chi connectivity index (χ1) is 15.8. The zero-order chi connectivity index (χ0) is 22.0. The fraction of sp³-hybridized carbons (Fsp3) is 0.172. The number of ketones is 1. The number of pyridine rings is 1. The van der Waals surface area contributed by atoms with Gasteiger partial charge >= 0.3 is 0 Å². The summed E-state index contributed by atoms with van der Waals surface area (Å²) < 4.78 is 5.98. The highest BCUT2D eigenvalue weighted by Gasteiger charge is 2.07. The maximum absolute atomic E-state index is 12.3. The topological polar surface area (TPSA) is 39.2 Å². The van der Waals surface area contributed by atoms with Crippen molar-refractivity contribution >= 4 is 5.78 Å². The minimum Gasteiger partial charge on any atom is -0.493 e. The van der Waals surface area contributed by atoms with Gasteiger partial charge in [-0.15, -0.1) is 0 Å². The Bertz CT molecular complexity index is 1120. The first-order valence-corrected chi connectivity index (χ1v) is 11.0. The minimum absolute atomic E-state index is 0.244. The number of aromatic nitrogens is 1. The Kier molecular flexibility index (Phi) is 7.43. The third-order valence-corrected chi connectivity index (χ3v) is 5.51. The number of carbonyl (C=O) groups excluding carboxylic acids is 1. The predicted octanol–water partition coefficient (Wildman–Crippen LogP) is 6.11. The summed E-state index contributed by atoms with van der Waals surface area (Å²) in [6, 6.07) is 30.7. The second-order valence-corrected chi connectivity index (χ2v) is 7.84. The molecule has 0 bridgehead atoms. The van der Waals surface area contributed by atoms with Crippen LogP contribution in [0.1, 0.15) is 23.1 Å². The van der Waals surface area contributed by atoms with Gasteiger partial charge < -0.3 is 4.74 Å². The van der Waals surface area contributed by atoms with Crippen molar-refractivity contribution in [2.75, 3.05) is 6.61 Å². The Labute approximate surface area is 189 Å². The lowest BCUT2D eigenvalue weighted by Crippen LogP contribution is -2.05. The van der Waals surface area contributed by atoms with Gasteiger partial charge in [0.1, 0.15) is 11.5 Å². The van der Waals surface area contributed by atoms with Crippen molar-refractivity contribution < 1.29 is 9.53 Å². The van der Waals surface area contributed by atoms with Crippen LogP contribution in [0, 0.1) is 0 Å². The maximum Gasteiger partial charge on any atom is 0.137 e. The molecular weight excluding hydrogens is 394 g/mol. The molecule has 4 aromatic rings. The molecule has 32 heavy (non-hydrogen) atoms. The van der Waals surface area contributed by atoms with Crippen LogP contribution in [0.25, 0.3) is 11.1 Å². The van der Waals surface area contributed by atoms with Crippen LogP contribution in [0.2, 0.25) is 0 Å². The smallest absolute Gasteiger partial charge is 0.137 e. The van der Waals surface area contributed by atoms with Crippen LogP contribution in [-0.2, 0) is 24.1 Å². The average molecular weight is 422 g/mol. The first kappa shape index (κ1) is 21.5. The number of hydrogen-bond acceptors (Lipinski definition) is 3. The molecule has 0 atom stereocenters. The van der Waals surface area contributed by atoms with Crippen molar-refractivity contribution in [3.05, 3.63) is 120 Å². The quantitative estimate of drug-likeness (QED) is 0.310. The number of Topliss-reactive ketones (excluding diaryl/α,β-unsaturated/α-hetero) is 1. The Morgan fingerprint density at radius 1 is 0.719 bits per heavy atom. The SMILES string of the molecule is O=C(CCc1ccncc1)Cc1ccc(OCCc2ccccc2-c2ccccc2)cc1. The third-order valence-electron chi connectivity index (χ3n) is 5.51. The minimum atomic E-state index is 0.244. The molecule has 160 valence electrons. The standard InChI is InChI=1S/C29H27NO2/c31-27(13-10-23-16-19-30-20-17-23)22-24-11-14-28(15-12-24)32-21-18-26-8-4-5-9-29(26)25-6-2-1-3-7-25/h1-9,11-12,14-17,19-20H,10,13,18,21-22H2. The third kappa shape index (κ3) is 6.14.